The van der Waals surface area contributed by atoms with Crippen molar-refractivity contribution in [1.82, 2.24) is 5.32 Å². The molecular formula is C19H23NO. The van der Waals surface area contributed by atoms with E-state index in [9.17, 15) is 0 Å². The molecule has 0 saturated carbocycles. The second kappa shape index (κ2) is 6.77. The molecule has 0 radical (unpaired) electrons. The van der Waals surface area contributed by atoms with Crippen molar-refractivity contribution in [1.29, 1.82) is 0 Å². The van der Waals surface area contributed by atoms with Crippen LogP contribution in [0.2, 0.25) is 0 Å². The highest BCUT2D eigenvalue weighted by molar-refractivity contribution is 5.37. The first-order chi connectivity index (χ1) is 10.3. The summed E-state index contributed by atoms with van der Waals surface area (Å²) in [4.78, 5) is 0. The summed E-state index contributed by atoms with van der Waals surface area (Å²) in [5.41, 5.74) is 4.37. The highest BCUT2D eigenvalue weighted by atomic mass is 16.5. The number of para-hydroxylation sites is 1. The summed E-state index contributed by atoms with van der Waals surface area (Å²) in [7, 11) is 0. The Hall–Kier alpha value is -1.80. The van der Waals surface area contributed by atoms with Gasteiger partial charge in [-0.25, -0.2) is 0 Å². The van der Waals surface area contributed by atoms with E-state index in [4.69, 9.17) is 4.74 Å². The van der Waals surface area contributed by atoms with Crippen molar-refractivity contribution in [2.45, 2.75) is 32.2 Å². The number of hydrogen-bond donors (Lipinski definition) is 1. The molecule has 0 aliphatic heterocycles. The first-order valence-corrected chi connectivity index (χ1v) is 7.83. The molecular weight excluding hydrogens is 258 g/mol. The van der Waals surface area contributed by atoms with E-state index < -0.39 is 0 Å². The van der Waals surface area contributed by atoms with Crippen molar-refractivity contribution in [2.75, 3.05) is 13.2 Å². The highest BCUT2D eigenvalue weighted by Gasteiger charge is 2.21. The van der Waals surface area contributed by atoms with Gasteiger partial charge in [0.2, 0.25) is 0 Å². The van der Waals surface area contributed by atoms with Gasteiger partial charge in [-0.15, -0.1) is 0 Å². The van der Waals surface area contributed by atoms with Gasteiger partial charge in [-0.3, -0.25) is 0 Å². The van der Waals surface area contributed by atoms with E-state index in [2.05, 4.69) is 30.4 Å². The average Bonchev–Trinajstić information content (AvgIpc) is 2.90. The van der Waals surface area contributed by atoms with Crippen LogP contribution in [-0.4, -0.2) is 13.2 Å². The fraction of sp³-hybridized carbons (Fsp3) is 0.368. The van der Waals surface area contributed by atoms with Gasteiger partial charge in [0.15, 0.2) is 0 Å². The summed E-state index contributed by atoms with van der Waals surface area (Å²) >= 11 is 0. The maximum atomic E-state index is 5.72. The summed E-state index contributed by atoms with van der Waals surface area (Å²) in [5, 5.41) is 3.67. The maximum Gasteiger partial charge on any atom is 0.119 e. The van der Waals surface area contributed by atoms with Crippen molar-refractivity contribution in [2.24, 2.45) is 0 Å². The first-order valence-electron chi connectivity index (χ1n) is 7.83. The quantitative estimate of drug-likeness (QED) is 0.807. The molecule has 0 spiro atoms. The predicted octanol–water partition coefficient (Wildman–Crippen LogP) is 4.04. The van der Waals surface area contributed by atoms with Gasteiger partial charge < -0.3 is 10.1 Å². The molecule has 1 atom stereocenters. The van der Waals surface area contributed by atoms with Gasteiger partial charge >= 0.3 is 0 Å². The lowest BCUT2D eigenvalue weighted by molar-refractivity contribution is 0.304. The van der Waals surface area contributed by atoms with E-state index in [1.165, 1.54) is 29.5 Å². The Labute approximate surface area is 127 Å². The molecule has 2 nitrogen and oxygen atoms in total. The van der Waals surface area contributed by atoms with Gasteiger partial charge in [0, 0.05) is 6.04 Å². The molecule has 110 valence electrons. The summed E-state index contributed by atoms with van der Waals surface area (Å²) in [6.07, 6.45) is 3.46. The SMILES string of the molecule is Cc1ccc2c(c1)C(NCCCOc1ccccc1)CC2. The lowest BCUT2D eigenvalue weighted by Gasteiger charge is -2.14. The number of aryl methyl sites for hydroxylation is 2. The molecule has 1 aliphatic rings. The van der Waals surface area contributed by atoms with Crippen molar-refractivity contribution in [3.05, 3.63) is 65.2 Å². The minimum absolute atomic E-state index is 0.525. The van der Waals surface area contributed by atoms with Crippen LogP contribution in [0, 0.1) is 6.92 Å². The maximum absolute atomic E-state index is 5.72. The van der Waals surface area contributed by atoms with E-state index >= 15 is 0 Å². The monoisotopic (exact) mass is 281 g/mol. The van der Waals surface area contributed by atoms with E-state index in [1.54, 1.807) is 0 Å². The van der Waals surface area contributed by atoms with E-state index in [0.717, 1.165) is 25.3 Å². The van der Waals surface area contributed by atoms with Crippen LogP contribution >= 0.6 is 0 Å². The van der Waals surface area contributed by atoms with Gasteiger partial charge in [0.1, 0.15) is 5.75 Å². The van der Waals surface area contributed by atoms with Gasteiger partial charge in [-0.1, -0.05) is 42.0 Å². The Morgan fingerprint density at radius 2 is 2.00 bits per heavy atom. The number of nitrogens with one attached hydrogen (secondary N) is 1. The van der Waals surface area contributed by atoms with Crippen molar-refractivity contribution >= 4 is 0 Å². The topological polar surface area (TPSA) is 21.3 Å². The van der Waals surface area contributed by atoms with E-state index in [1.807, 2.05) is 30.3 Å². The van der Waals surface area contributed by atoms with Crippen LogP contribution in [0.5, 0.6) is 5.75 Å². The Morgan fingerprint density at radius 3 is 2.86 bits per heavy atom. The zero-order valence-corrected chi connectivity index (χ0v) is 12.6. The number of fused-ring (bicyclic) bond motifs is 1. The van der Waals surface area contributed by atoms with Crippen LogP contribution < -0.4 is 10.1 Å². The Morgan fingerprint density at radius 1 is 1.14 bits per heavy atom. The fourth-order valence-electron chi connectivity index (χ4n) is 2.99. The molecule has 2 aromatic carbocycles. The molecule has 1 N–H and O–H groups in total. The molecule has 2 heteroatoms. The molecule has 0 heterocycles. The molecule has 0 aromatic heterocycles. The van der Waals surface area contributed by atoms with Gasteiger partial charge in [-0.2, -0.15) is 0 Å². The minimum atomic E-state index is 0.525. The average molecular weight is 281 g/mol. The van der Waals surface area contributed by atoms with Gasteiger partial charge in [0.05, 0.1) is 6.61 Å². The van der Waals surface area contributed by atoms with Crippen LogP contribution in [0.25, 0.3) is 0 Å². The van der Waals surface area contributed by atoms with Crippen molar-refractivity contribution < 1.29 is 4.74 Å². The molecule has 21 heavy (non-hydrogen) atoms. The van der Waals surface area contributed by atoms with E-state index in [0.29, 0.717) is 6.04 Å². The number of hydrogen-bond acceptors (Lipinski definition) is 2. The van der Waals surface area contributed by atoms with Crippen molar-refractivity contribution in [3.8, 4) is 5.75 Å². The predicted molar refractivity (Wildman–Crippen MR) is 86.8 cm³/mol. The molecule has 1 aliphatic carbocycles. The van der Waals surface area contributed by atoms with Crippen LogP contribution in [0.1, 0.15) is 35.6 Å². The summed E-state index contributed by atoms with van der Waals surface area (Å²) in [5.74, 6) is 0.958. The fourth-order valence-corrected chi connectivity index (χ4v) is 2.99. The summed E-state index contributed by atoms with van der Waals surface area (Å²) < 4.78 is 5.72. The zero-order valence-electron chi connectivity index (χ0n) is 12.6. The summed E-state index contributed by atoms with van der Waals surface area (Å²) in [6, 6.07) is 17.4. The molecule has 0 bridgehead atoms. The smallest absolute Gasteiger partial charge is 0.119 e. The lowest BCUT2D eigenvalue weighted by Crippen LogP contribution is -2.22. The van der Waals surface area contributed by atoms with Gasteiger partial charge in [0.25, 0.3) is 0 Å². The Balaban J connectivity index is 1.42. The van der Waals surface area contributed by atoms with Crippen molar-refractivity contribution in [3.63, 3.8) is 0 Å². The van der Waals surface area contributed by atoms with Gasteiger partial charge in [-0.05, 0) is 56.0 Å². The third-order valence-corrected chi connectivity index (χ3v) is 4.10. The van der Waals surface area contributed by atoms with E-state index in [-0.39, 0.29) is 0 Å². The van der Waals surface area contributed by atoms with Crippen LogP contribution in [-0.2, 0) is 6.42 Å². The Kier molecular flexibility index (Phi) is 4.56. The largest absolute Gasteiger partial charge is 0.494 e. The standard InChI is InChI=1S/C19H23NO/c1-15-8-9-16-10-11-19(18(16)14-15)20-12-5-13-21-17-6-3-2-4-7-17/h2-4,6-9,14,19-20H,5,10-13H2,1H3. The number of ether oxygens (including phenoxy) is 1. The van der Waals surface area contributed by atoms with Crippen LogP contribution in [0.3, 0.4) is 0 Å². The number of rotatable bonds is 6. The van der Waals surface area contributed by atoms with Crippen LogP contribution in [0.15, 0.2) is 48.5 Å². The normalized spacial score (nSPS) is 16.7. The van der Waals surface area contributed by atoms with Crippen LogP contribution in [0.4, 0.5) is 0 Å². The third kappa shape index (κ3) is 3.64. The summed E-state index contributed by atoms with van der Waals surface area (Å²) in [6.45, 7) is 3.94. The molecule has 2 aromatic rings. The Bertz CT molecular complexity index is 579. The highest BCUT2D eigenvalue weighted by Crippen LogP contribution is 2.31. The second-order valence-electron chi connectivity index (χ2n) is 5.76. The third-order valence-electron chi connectivity index (χ3n) is 4.10. The molecule has 0 amide bonds. The first kappa shape index (κ1) is 14.2. The molecule has 1 unspecified atom stereocenters. The second-order valence-corrected chi connectivity index (χ2v) is 5.76. The molecule has 0 saturated heterocycles. The zero-order chi connectivity index (χ0) is 14.5. The molecule has 3 rings (SSSR count). The minimum Gasteiger partial charge on any atom is -0.494 e. The number of benzene rings is 2. The lowest BCUT2D eigenvalue weighted by atomic mass is 10.1. The molecule has 0 fully saturated rings.